The molecule has 0 saturated carbocycles. The Morgan fingerprint density at radius 3 is 2.33 bits per heavy atom. The summed E-state index contributed by atoms with van der Waals surface area (Å²) in [7, 11) is 1.57. The Bertz CT molecular complexity index is 1610. The smallest absolute Gasteiger partial charge is 0.248 e. The van der Waals surface area contributed by atoms with Gasteiger partial charge in [0.05, 0.1) is 18.0 Å². The summed E-state index contributed by atoms with van der Waals surface area (Å²) in [5.41, 5.74) is 14.9. The molecule has 7 N–H and O–H groups in total. The maximum absolute atomic E-state index is 14.2. The highest BCUT2D eigenvalue weighted by Crippen LogP contribution is 2.39. The fraction of sp³-hybridized carbons (Fsp3) is 0.324. The Kier molecular flexibility index (Phi) is 9.29. The van der Waals surface area contributed by atoms with E-state index in [0.29, 0.717) is 12.0 Å². The number of nitrogens with zero attached hydrogens (tertiary/aromatic N) is 1. The number of rotatable bonds is 10. The van der Waals surface area contributed by atoms with Crippen molar-refractivity contribution in [3.63, 3.8) is 0 Å². The second kappa shape index (κ2) is 13.3. The Balaban J connectivity index is 1.45. The summed E-state index contributed by atoms with van der Waals surface area (Å²) < 4.78 is 0. The number of likely N-dealkylation sites (tertiary alicyclic amines) is 1. The van der Waals surface area contributed by atoms with Crippen molar-refractivity contribution in [2.45, 2.75) is 49.9 Å². The van der Waals surface area contributed by atoms with E-state index in [2.05, 4.69) is 16.0 Å². The normalized spacial score (nSPS) is 21.4. The van der Waals surface area contributed by atoms with Gasteiger partial charge in [-0.3, -0.25) is 24.0 Å². The number of hydrogen-bond acceptors (Lipinski definition) is 6. The molecule has 3 aromatic carbocycles. The quantitative estimate of drug-likeness (QED) is 0.228. The van der Waals surface area contributed by atoms with Crippen molar-refractivity contribution in [3.8, 4) is 0 Å². The van der Waals surface area contributed by atoms with Crippen LogP contribution in [0.4, 0.5) is 0 Å². The Labute approximate surface area is 261 Å². The van der Waals surface area contributed by atoms with Crippen LogP contribution in [0.3, 0.4) is 0 Å². The minimum Gasteiger partial charge on any atom is -0.366 e. The average Bonchev–Trinajstić information content (AvgIpc) is 3.38. The van der Waals surface area contributed by atoms with Crippen LogP contribution in [0, 0.1) is 5.92 Å². The molecule has 6 atom stereocenters. The number of carbonyl (C=O) groups is 5. The van der Waals surface area contributed by atoms with Gasteiger partial charge in [0.1, 0.15) is 12.1 Å². The minimum atomic E-state index is -1.07. The average molecular weight is 611 g/mol. The van der Waals surface area contributed by atoms with Crippen LogP contribution >= 0.6 is 0 Å². The van der Waals surface area contributed by atoms with Crippen molar-refractivity contribution in [2.24, 2.45) is 17.4 Å². The Hall–Kier alpha value is -5.03. The van der Waals surface area contributed by atoms with Gasteiger partial charge in [0, 0.05) is 31.5 Å². The molecule has 2 aliphatic rings. The zero-order valence-electron chi connectivity index (χ0n) is 25.2. The second-order valence-electron chi connectivity index (χ2n) is 11.7. The van der Waals surface area contributed by atoms with Crippen LogP contribution in [-0.4, -0.2) is 66.2 Å². The molecule has 11 nitrogen and oxygen atoms in total. The zero-order chi connectivity index (χ0) is 32.2. The molecule has 5 amide bonds. The van der Waals surface area contributed by atoms with E-state index in [-0.39, 0.29) is 30.4 Å². The molecule has 45 heavy (non-hydrogen) atoms. The maximum Gasteiger partial charge on any atom is 0.248 e. The lowest BCUT2D eigenvalue weighted by Gasteiger charge is -2.48. The topological polar surface area (TPSA) is 177 Å². The highest BCUT2D eigenvalue weighted by Gasteiger charge is 2.50. The largest absolute Gasteiger partial charge is 0.366 e. The van der Waals surface area contributed by atoms with Crippen LogP contribution in [-0.2, 0) is 32.0 Å². The lowest BCUT2D eigenvalue weighted by atomic mass is 9.80. The van der Waals surface area contributed by atoms with Crippen LogP contribution < -0.4 is 27.4 Å². The van der Waals surface area contributed by atoms with Gasteiger partial charge in [-0.05, 0) is 47.7 Å². The first-order valence-corrected chi connectivity index (χ1v) is 15.0. The molecule has 234 valence electrons. The molecule has 0 radical (unpaired) electrons. The number of nitrogens with two attached hydrogens (primary N) is 2. The summed E-state index contributed by atoms with van der Waals surface area (Å²) >= 11 is 0. The van der Waals surface area contributed by atoms with Gasteiger partial charge in [0.2, 0.25) is 29.5 Å². The van der Waals surface area contributed by atoms with Crippen LogP contribution in [0.1, 0.15) is 51.5 Å². The fourth-order valence-corrected chi connectivity index (χ4v) is 6.28. The van der Waals surface area contributed by atoms with E-state index in [1.54, 1.807) is 31.3 Å². The maximum atomic E-state index is 14.2. The molecule has 1 heterocycles. The number of hydrogen-bond donors (Lipinski definition) is 5. The summed E-state index contributed by atoms with van der Waals surface area (Å²) in [5.74, 6) is -3.01. The van der Waals surface area contributed by atoms with Crippen molar-refractivity contribution in [2.75, 3.05) is 13.6 Å². The number of carbonyl (C=O) groups excluding carboxylic acids is 5. The first-order chi connectivity index (χ1) is 21.6. The van der Waals surface area contributed by atoms with Gasteiger partial charge < -0.3 is 32.3 Å². The first-order valence-electron chi connectivity index (χ1n) is 15.0. The van der Waals surface area contributed by atoms with Crippen molar-refractivity contribution >= 4 is 29.5 Å². The fourth-order valence-electron chi connectivity index (χ4n) is 6.28. The van der Waals surface area contributed by atoms with Crippen molar-refractivity contribution in [1.29, 1.82) is 0 Å². The third kappa shape index (κ3) is 6.58. The Morgan fingerprint density at radius 1 is 0.933 bits per heavy atom. The number of primary amides is 1. The molecule has 0 bridgehead atoms. The summed E-state index contributed by atoms with van der Waals surface area (Å²) in [4.78, 5) is 67.2. The SMILES string of the molecule is CNC(=O)[C@@H]1Cc2ccccc2[C@@H]1NC(=O)C1C(c2ccccc2)CN1C(=O)[C@H](Cc1cccc(C(N)=O)c1)NC(=O)[C@H](C)N. The van der Waals surface area contributed by atoms with Gasteiger partial charge in [0.25, 0.3) is 0 Å². The van der Waals surface area contributed by atoms with Crippen LogP contribution in [0.25, 0.3) is 0 Å². The molecule has 0 spiro atoms. The first kappa shape index (κ1) is 31.4. The summed E-state index contributed by atoms with van der Waals surface area (Å²) in [6.45, 7) is 1.76. The standard InChI is InChI=1S/C34H38N6O5/c1-19(35)31(42)38-27(16-20-9-8-13-23(15-20)30(36)41)34(45)40-18-26(21-10-4-3-5-11-21)29(40)33(44)39-28-24-14-7-6-12-22(24)17-25(28)32(43)37-2/h3-15,19,25-29H,16-18,35H2,1-2H3,(H2,36,41)(H,37,43)(H,38,42)(H,39,44)/t19-,25+,26?,27-,28-,29?/m0/s1. The summed E-state index contributed by atoms with van der Waals surface area (Å²) in [5, 5.41) is 8.54. The lowest BCUT2D eigenvalue weighted by Crippen LogP contribution is -2.67. The second-order valence-corrected chi connectivity index (χ2v) is 11.7. The van der Waals surface area contributed by atoms with E-state index in [4.69, 9.17) is 11.5 Å². The van der Waals surface area contributed by atoms with Gasteiger partial charge in [-0.15, -0.1) is 0 Å². The molecule has 1 fully saturated rings. The third-order valence-electron chi connectivity index (χ3n) is 8.68. The summed E-state index contributed by atoms with van der Waals surface area (Å²) in [6, 6.07) is 20.2. The Morgan fingerprint density at radius 2 is 1.64 bits per heavy atom. The van der Waals surface area contributed by atoms with E-state index >= 15 is 0 Å². The van der Waals surface area contributed by atoms with Crippen molar-refractivity contribution in [3.05, 3.63) is 107 Å². The number of benzene rings is 3. The predicted octanol–water partition coefficient (Wildman–Crippen LogP) is 0.930. The van der Waals surface area contributed by atoms with Crippen LogP contribution in [0.15, 0.2) is 78.9 Å². The molecular formula is C34H38N6O5. The lowest BCUT2D eigenvalue weighted by molar-refractivity contribution is -0.152. The highest BCUT2D eigenvalue weighted by atomic mass is 16.2. The number of fused-ring (bicyclic) bond motifs is 1. The number of amides is 5. The summed E-state index contributed by atoms with van der Waals surface area (Å²) in [6.07, 6.45) is 0.528. The van der Waals surface area contributed by atoms with Gasteiger partial charge in [0.15, 0.2) is 0 Å². The molecule has 0 aromatic heterocycles. The van der Waals surface area contributed by atoms with Crippen LogP contribution in [0.2, 0.25) is 0 Å². The van der Waals surface area contributed by atoms with Gasteiger partial charge in [-0.2, -0.15) is 0 Å². The van der Waals surface area contributed by atoms with Crippen LogP contribution in [0.5, 0.6) is 0 Å². The van der Waals surface area contributed by atoms with Crippen molar-refractivity contribution in [1.82, 2.24) is 20.9 Å². The third-order valence-corrected chi connectivity index (χ3v) is 8.68. The van der Waals surface area contributed by atoms with Gasteiger partial charge in [-0.1, -0.05) is 66.7 Å². The van der Waals surface area contributed by atoms with E-state index in [9.17, 15) is 24.0 Å². The molecule has 2 unspecified atom stereocenters. The van der Waals surface area contributed by atoms with Gasteiger partial charge in [-0.25, -0.2) is 0 Å². The molecular weight excluding hydrogens is 572 g/mol. The molecule has 5 rings (SSSR count). The minimum absolute atomic E-state index is 0.0496. The highest BCUT2D eigenvalue weighted by molar-refractivity contribution is 5.96. The zero-order valence-corrected chi connectivity index (χ0v) is 25.2. The van der Waals surface area contributed by atoms with E-state index in [0.717, 1.165) is 16.7 Å². The van der Waals surface area contributed by atoms with E-state index < -0.39 is 53.7 Å². The molecule has 1 saturated heterocycles. The molecule has 1 aliphatic carbocycles. The monoisotopic (exact) mass is 610 g/mol. The molecule has 11 heteroatoms. The predicted molar refractivity (Wildman–Crippen MR) is 168 cm³/mol. The van der Waals surface area contributed by atoms with Crippen molar-refractivity contribution < 1.29 is 24.0 Å². The molecule has 3 aromatic rings. The molecule has 1 aliphatic heterocycles. The van der Waals surface area contributed by atoms with E-state index in [1.165, 1.54) is 11.8 Å². The van der Waals surface area contributed by atoms with E-state index in [1.807, 2.05) is 54.6 Å². The van der Waals surface area contributed by atoms with Gasteiger partial charge >= 0.3 is 0 Å². The number of nitrogens with one attached hydrogen (secondary N) is 3.